The van der Waals surface area contributed by atoms with Crippen LogP contribution < -0.4 is 5.32 Å². The standard InChI is InChI=1S/C16H27ClN2O2/c1-16(2,19(3)4)12-18-9-15(20)11-21-10-13-5-7-14(17)8-6-13/h5-8,15,18,20H,9-12H2,1-4H3. The molecule has 0 amide bonds. The molecule has 0 aliphatic heterocycles. The second-order valence-electron chi connectivity index (χ2n) is 6.13. The number of nitrogens with zero attached hydrogens (tertiary/aromatic N) is 1. The van der Waals surface area contributed by atoms with E-state index < -0.39 is 6.10 Å². The summed E-state index contributed by atoms with van der Waals surface area (Å²) in [7, 11) is 4.10. The van der Waals surface area contributed by atoms with Crippen molar-refractivity contribution in [1.29, 1.82) is 0 Å². The van der Waals surface area contributed by atoms with Crippen molar-refractivity contribution in [1.82, 2.24) is 10.2 Å². The molecule has 1 unspecified atom stereocenters. The summed E-state index contributed by atoms with van der Waals surface area (Å²) in [5, 5.41) is 13.9. The fourth-order valence-corrected chi connectivity index (χ4v) is 1.78. The number of benzene rings is 1. The van der Waals surface area contributed by atoms with Gasteiger partial charge >= 0.3 is 0 Å². The third-order valence-corrected chi connectivity index (χ3v) is 3.89. The Balaban J connectivity index is 2.17. The number of nitrogens with one attached hydrogen (secondary N) is 1. The Labute approximate surface area is 133 Å². The number of likely N-dealkylation sites (N-methyl/N-ethyl adjacent to an activating group) is 1. The Morgan fingerprint density at radius 3 is 2.48 bits per heavy atom. The molecule has 0 saturated heterocycles. The van der Waals surface area contributed by atoms with Gasteiger partial charge in [-0.05, 0) is 45.6 Å². The van der Waals surface area contributed by atoms with Gasteiger partial charge in [-0.15, -0.1) is 0 Å². The molecule has 0 bridgehead atoms. The average molecular weight is 315 g/mol. The van der Waals surface area contributed by atoms with Gasteiger partial charge in [0.1, 0.15) is 0 Å². The summed E-state index contributed by atoms with van der Waals surface area (Å²) < 4.78 is 5.51. The highest BCUT2D eigenvalue weighted by Crippen LogP contribution is 2.10. The maximum atomic E-state index is 9.88. The average Bonchev–Trinajstić information content (AvgIpc) is 2.40. The zero-order valence-electron chi connectivity index (χ0n) is 13.4. The molecule has 0 aliphatic rings. The van der Waals surface area contributed by atoms with Crippen molar-refractivity contribution in [3.05, 3.63) is 34.9 Å². The Morgan fingerprint density at radius 1 is 1.29 bits per heavy atom. The van der Waals surface area contributed by atoms with Gasteiger partial charge < -0.3 is 20.1 Å². The van der Waals surface area contributed by atoms with E-state index in [4.69, 9.17) is 16.3 Å². The van der Waals surface area contributed by atoms with Crippen LogP contribution in [0.15, 0.2) is 24.3 Å². The monoisotopic (exact) mass is 314 g/mol. The van der Waals surface area contributed by atoms with Crippen molar-refractivity contribution in [2.75, 3.05) is 33.8 Å². The minimum Gasteiger partial charge on any atom is -0.389 e. The second-order valence-corrected chi connectivity index (χ2v) is 6.57. The van der Waals surface area contributed by atoms with Crippen LogP contribution in [0, 0.1) is 0 Å². The molecule has 21 heavy (non-hydrogen) atoms. The van der Waals surface area contributed by atoms with Crippen molar-refractivity contribution >= 4 is 11.6 Å². The number of hydrogen-bond donors (Lipinski definition) is 2. The first kappa shape index (κ1) is 18.4. The highest BCUT2D eigenvalue weighted by atomic mass is 35.5. The van der Waals surface area contributed by atoms with Crippen molar-refractivity contribution in [2.24, 2.45) is 0 Å². The van der Waals surface area contributed by atoms with Crippen LogP contribution in [0.2, 0.25) is 5.02 Å². The van der Waals surface area contributed by atoms with Gasteiger partial charge in [-0.1, -0.05) is 23.7 Å². The summed E-state index contributed by atoms with van der Waals surface area (Å²) >= 11 is 5.82. The van der Waals surface area contributed by atoms with Gasteiger partial charge in [-0.2, -0.15) is 0 Å². The van der Waals surface area contributed by atoms with E-state index in [1.165, 1.54) is 0 Å². The van der Waals surface area contributed by atoms with Crippen LogP contribution in [0.5, 0.6) is 0 Å². The fraction of sp³-hybridized carbons (Fsp3) is 0.625. The topological polar surface area (TPSA) is 44.7 Å². The van der Waals surface area contributed by atoms with E-state index in [0.29, 0.717) is 24.8 Å². The van der Waals surface area contributed by atoms with E-state index in [-0.39, 0.29) is 5.54 Å². The van der Waals surface area contributed by atoms with Crippen molar-refractivity contribution in [3.8, 4) is 0 Å². The molecule has 1 atom stereocenters. The van der Waals surface area contributed by atoms with E-state index in [0.717, 1.165) is 12.1 Å². The van der Waals surface area contributed by atoms with Gasteiger partial charge in [0.25, 0.3) is 0 Å². The van der Waals surface area contributed by atoms with Gasteiger partial charge in [0.15, 0.2) is 0 Å². The van der Waals surface area contributed by atoms with Gasteiger partial charge in [-0.25, -0.2) is 0 Å². The predicted molar refractivity (Wildman–Crippen MR) is 87.8 cm³/mol. The van der Waals surface area contributed by atoms with Gasteiger partial charge in [0, 0.05) is 23.7 Å². The lowest BCUT2D eigenvalue weighted by molar-refractivity contribution is 0.0273. The smallest absolute Gasteiger partial charge is 0.0897 e. The summed E-state index contributed by atoms with van der Waals surface area (Å²) in [5.41, 5.74) is 1.11. The maximum Gasteiger partial charge on any atom is 0.0897 e. The zero-order chi connectivity index (χ0) is 15.9. The first-order valence-electron chi connectivity index (χ1n) is 7.19. The second kappa shape index (κ2) is 8.71. The quantitative estimate of drug-likeness (QED) is 0.733. The molecule has 0 spiro atoms. The first-order valence-corrected chi connectivity index (χ1v) is 7.57. The molecule has 0 radical (unpaired) electrons. The molecule has 1 aromatic carbocycles. The van der Waals surface area contributed by atoms with Crippen molar-refractivity contribution in [3.63, 3.8) is 0 Å². The molecule has 5 heteroatoms. The molecular weight excluding hydrogens is 288 g/mol. The van der Waals surface area contributed by atoms with E-state index in [1.54, 1.807) is 0 Å². The van der Waals surface area contributed by atoms with Gasteiger partial charge in [0.05, 0.1) is 19.3 Å². The molecule has 0 heterocycles. The Morgan fingerprint density at radius 2 is 1.90 bits per heavy atom. The summed E-state index contributed by atoms with van der Waals surface area (Å²) in [6.45, 7) is 6.45. The molecule has 120 valence electrons. The van der Waals surface area contributed by atoms with Gasteiger partial charge in [0.2, 0.25) is 0 Å². The van der Waals surface area contributed by atoms with Crippen molar-refractivity contribution in [2.45, 2.75) is 32.1 Å². The largest absolute Gasteiger partial charge is 0.389 e. The number of ether oxygens (including phenoxy) is 1. The Hall–Kier alpha value is -0.650. The molecular formula is C16H27ClN2O2. The third-order valence-electron chi connectivity index (χ3n) is 3.64. The number of rotatable bonds is 9. The molecule has 2 N–H and O–H groups in total. The first-order chi connectivity index (χ1) is 9.81. The third kappa shape index (κ3) is 7.25. The highest BCUT2D eigenvalue weighted by molar-refractivity contribution is 6.30. The number of aliphatic hydroxyl groups excluding tert-OH is 1. The van der Waals surface area contributed by atoms with Crippen LogP contribution in [0.1, 0.15) is 19.4 Å². The van der Waals surface area contributed by atoms with E-state index in [9.17, 15) is 5.11 Å². The normalized spacial score (nSPS) is 13.7. The fourth-order valence-electron chi connectivity index (χ4n) is 1.66. The minimum atomic E-state index is -0.504. The van der Waals surface area contributed by atoms with E-state index in [1.807, 2.05) is 38.4 Å². The van der Waals surface area contributed by atoms with E-state index >= 15 is 0 Å². The minimum absolute atomic E-state index is 0.0594. The van der Waals surface area contributed by atoms with Crippen LogP contribution in [-0.4, -0.2) is 55.4 Å². The Kier molecular flexibility index (Phi) is 7.63. The lowest BCUT2D eigenvalue weighted by Gasteiger charge is -2.33. The number of aliphatic hydroxyl groups is 1. The lowest BCUT2D eigenvalue weighted by Crippen LogP contribution is -2.48. The molecule has 0 aromatic heterocycles. The molecule has 4 nitrogen and oxygen atoms in total. The molecule has 0 saturated carbocycles. The van der Waals surface area contributed by atoms with E-state index in [2.05, 4.69) is 24.1 Å². The summed E-state index contributed by atoms with van der Waals surface area (Å²) in [4.78, 5) is 2.16. The number of hydrogen-bond acceptors (Lipinski definition) is 4. The molecule has 0 aliphatic carbocycles. The van der Waals surface area contributed by atoms with Crippen LogP contribution in [0.4, 0.5) is 0 Å². The number of halogens is 1. The van der Waals surface area contributed by atoms with Crippen LogP contribution >= 0.6 is 11.6 Å². The molecule has 1 aromatic rings. The van der Waals surface area contributed by atoms with Crippen molar-refractivity contribution < 1.29 is 9.84 Å². The van der Waals surface area contributed by atoms with Gasteiger partial charge in [-0.3, -0.25) is 0 Å². The molecule has 1 rings (SSSR count). The zero-order valence-corrected chi connectivity index (χ0v) is 14.2. The van der Waals surface area contributed by atoms with Crippen LogP contribution in [0.3, 0.4) is 0 Å². The van der Waals surface area contributed by atoms with Crippen LogP contribution in [-0.2, 0) is 11.3 Å². The summed E-state index contributed by atoms with van der Waals surface area (Å²) in [6.07, 6.45) is -0.504. The SMILES string of the molecule is CN(C)C(C)(C)CNCC(O)COCc1ccc(Cl)cc1. The van der Waals surface area contributed by atoms with Crippen LogP contribution in [0.25, 0.3) is 0 Å². The maximum absolute atomic E-state index is 9.88. The summed E-state index contributed by atoms with van der Waals surface area (Å²) in [6, 6.07) is 7.52. The summed E-state index contributed by atoms with van der Waals surface area (Å²) in [5.74, 6) is 0. The Bertz CT molecular complexity index is 407. The highest BCUT2D eigenvalue weighted by Gasteiger charge is 2.19. The molecule has 0 fully saturated rings. The lowest BCUT2D eigenvalue weighted by atomic mass is 10.0. The predicted octanol–water partition coefficient (Wildman–Crippen LogP) is 2.15.